The summed E-state index contributed by atoms with van der Waals surface area (Å²) in [7, 11) is 5.52. The van der Waals surface area contributed by atoms with Crippen LogP contribution in [-0.4, -0.2) is 60.9 Å². The van der Waals surface area contributed by atoms with E-state index in [2.05, 4.69) is 0 Å². The zero-order chi connectivity index (χ0) is 21.1. The number of amides is 1. The average molecular weight is 415 g/mol. The number of aliphatic hydroxyl groups excluding tert-OH is 1. The van der Waals surface area contributed by atoms with Crippen molar-refractivity contribution in [3.8, 4) is 5.75 Å². The number of Topliss-reactive ketones (excluding diaryl/α,β-unsaturated/α-hetero) is 1. The Morgan fingerprint density at radius 1 is 1.28 bits per heavy atom. The number of thiophene rings is 1. The second-order valence-corrected chi connectivity index (χ2v) is 8.33. The molecule has 3 rings (SSSR count). The normalized spacial score (nSPS) is 18.7. The van der Waals surface area contributed by atoms with Crippen LogP contribution in [0.1, 0.15) is 28.5 Å². The van der Waals surface area contributed by atoms with Crippen LogP contribution in [0.15, 0.2) is 41.3 Å². The number of aliphatic hydroxyl groups is 1. The lowest BCUT2D eigenvalue weighted by Crippen LogP contribution is -2.32. The van der Waals surface area contributed by atoms with E-state index < -0.39 is 17.7 Å². The number of carbonyl (C=O) groups excluding carboxylic acids is 2. The summed E-state index contributed by atoms with van der Waals surface area (Å²) in [6.45, 7) is 3.12. The third kappa shape index (κ3) is 4.21. The van der Waals surface area contributed by atoms with Gasteiger partial charge in [0.25, 0.3) is 11.7 Å². The molecule has 154 valence electrons. The number of likely N-dealkylation sites (tertiary alicyclic amines) is 1. The van der Waals surface area contributed by atoms with E-state index in [4.69, 9.17) is 4.74 Å². The number of benzene rings is 1. The van der Waals surface area contributed by atoms with Gasteiger partial charge in [0.1, 0.15) is 11.5 Å². The van der Waals surface area contributed by atoms with Crippen molar-refractivity contribution in [3.05, 3.63) is 57.3 Å². The van der Waals surface area contributed by atoms with Crippen molar-refractivity contribution < 1.29 is 19.4 Å². The minimum atomic E-state index is -0.640. The highest BCUT2D eigenvalue weighted by Gasteiger charge is 2.46. The molecule has 1 aromatic carbocycles. The second-order valence-electron chi connectivity index (χ2n) is 7.35. The van der Waals surface area contributed by atoms with Crippen molar-refractivity contribution in [1.29, 1.82) is 0 Å². The number of hydrogen-bond donors (Lipinski definition) is 1. The Labute approximate surface area is 175 Å². The van der Waals surface area contributed by atoms with Crippen molar-refractivity contribution in [2.45, 2.75) is 19.4 Å². The van der Waals surface area contributed by atoms with Crippen molar-refractivity contribution >= 4 is 28.8 Å². The maximum absolute atomic E-state index is 12.9. The maximum atomic E-state index is 12.9. The van der Waals surface area contributed by atoms with E-state index in [0.717, 1.165) is 23.4 Å². The van der Waals surface area contributed by atoms with Gasteiger partial charge < -0.3 is 19.6 Å². The highest BCUT2D eigenvalue weighted by molar-refractivity contribution is 7.10. The molecule has 1 aromatic heterocycles. The van der Waals surface area contributed by atoms with Crippen LogP contribution in [0.4, 0.5) is 0 Å². The molecule has 1 amide bonds. The molecule has 0 spiro atoms. The van der Waals surface area contributed by atoms with Gasteiger partial charge in [-0.05, 0) is 69.2 Å². The smallest absolute Gasteiger partial charge is 0.295 e. The molecule has 7 heteroatoms. The van der Waals surface area contributed by atoms with Gasteiger partial charge in [0.05, 0.1) is 18.7 Å². The van der Waals surface area contributed by atoms with E-state index in [-0.39, 0.29) is 11.3 Å². The molecule has 1 aliphatic heterocycles. The molecule has 29 heavy (non-hydrogen) atoms. The minimum Gasteiger partial charge on any atom is -0.507 e. The van der Waals surface area contributed by atoms with Crippen LogP contribution in [0.3, 0.4) is 0 Å². The zero-order valence-corrected chi connectivity index (χ0v) is 18.0. The Hall–Kier alpha value is -2.64. The van der Waals surface area contributed by atoms with E-state index in [1.54, 1.807) is 30.2 Å². The number of methoxy groups -OCH3 is 1. The predicted octanol–water partition coefficient (Wildman–Crippen LogP) is 3.44. The van der Waals surface area contributed by atoms with Gasteiger partial charge in [0.15, 0.2) is 0 Å². The van der Waals surface area contributed by atoms with Crippen LogP contribution in [0.5, 0.6) is 5.75 Å². The fourth-order valence-electron chi connectivity index (χ4n) is 3.59. The molecule has 1 atom stereocenters. The summed E-state index contributed by atoms with van der Waals surface area (Å²) in [5.41, 5.74) is 1.48. The average Bonchev–Trinajstić information content (AvgIpc) is 3.29. The molecule has 2 aromatic rings. The minimum absolute atomic E-state index is 0.145. The number of carbonyl (C=O) groups is 2. The van der Waals surface area contributed by atoms with Crippen molar-refractivity contribution in [1.82, 2.24) is 9.80 Å². The largest absolute Gasteiger partial charge is 0.507 e. The SMILES string of the molecule is COc1ccc(/C(O)=C2\C(=O)C(=O)N(CCCN(C)C)[C@@H]2c2cccs2)cc1C. The zero-order valence-electron chi connectivity index (χ0n) is 17.1. The Morgan fingerprint density at radius 3 is 2.62 bits per heavy atom. The van der Waals surface area contributed by atoms with Crippen LogP contribution in [-0.2, 0) is 9.59 Å². The lowest BCUT2D eigenvalue weighted by atomic mass is 9.98. The van der Waals surface area contributed by atoms with Gasteiger partial charge in [-0.1, -0.05) is 6.07 Å². The lowest BCUT2D eigenvalue weighted by molar-refractivity contribution is -0.139. The molecule has 0 radical (unpaired) electrons. The molecular formula is C22H26N2O4S. The van der Waals surface area contributed by atoms with E-state index in [0.29, 0.717) is 17.9 Å². The van der Waals surface area contributed by atoms with Crippen molar-refractivity contribution in [3.63, 3.8) is 0 Å². The first-order valence-electron chi connectivity index (χ1n) is 9.46. The quantitative estimate of drug-likeness (QED) is 0.427. The Bertz CT molecular complexity index is 934. The molecule has 2 heterocycles. The third-order valence-corrected chi connectivity index (χ3v) is 5.95. The predicted molar refractivity (Wildman–Crippen MR) is 114 cm³/mol. The van der Waals surface area contributed by atoms with Crippen LogP contribution in [0, 0.1) is 6.92 Å². The fourth-order valence-corrected chi connectivity index (χ4v) is 4.44. The fraction of sp³-hybridized carbons (Fsp3) is 0.364. The molecule has 0 unspecified atom stereocenters. The number of aryl methyl sites for hydroxylation is 1. The Morgan fingerprint density at radius 2 is 2.03 bits per heavy atom. The molecule has 0 aliphatic carbocycles. The summed E-state index contributed by atoms with van der Waals surface area (Å²) in [6, 6.07) is 8.42. The number of nitrogens with zero attached hydrogens (tertiary/aromatic N) is 2. The summed E-state index contributed by atoms with van der Waals surface area (Å²) in [5.74, 6) is -0.656. The summed E-state index contributed by atoms with van der Waals surface area (Å²) in [4.78, 5) is 30.2. The van der Waals surface area contributed by atoms with Crippen molar-refractivity contribution in [2.75, 3.05) is 34.3 Å². The Kier molecular flexibility index (Phi) is 6.39. The third-order valence-electron chi connectivity index (χ3n) is 5.03. The standard InChI is InChI=1S/C22H26N2O4S/c1-14-13-15(8-9-16(14)28-4)20(25)18-19(17-7-5-12-29-17)24(22(27)21(18)26)11-6-10-23(2)3/h5,7-9,12-13,19,25H,6,10-11H2,1-4H3/b20-18+/t19-/m1/s1. The lowest BCUT2D eigenvalue weighted by Gasteiger charge is -2.24. The highest BCUT2D eigenvalue weighted by atomic mass is 32.1. The molecule has 1 N–H and O–H groups in total. The first-order chi connectivity index (χ1) is 13.8. The van der Waals surface area contributed by atoms with Gasteiger partial charge in [-0.2, -0.15) is 0 Å². The van der Waals surface area contributed by atoms with Crippen LogP contribution < -0.4 is 4.74 Å². The summed E-state index contributed by atoms with van der Waals surface area (Å²) in [5, 5.41) is 12.9. The van der Waals surface area contributed by atoms with E-state index in [1.807, 2.05) is 43.4 Å². The van der Waals surface area contributed by atoms with Crippen LogP contribution in [0.25, 0.3) is 5.76 Å². The van der Waals surface area contributed by atoms with Crippen LogP contribution >= 0.6 is 11.3 Å². The molecule has 6 nitrogen and oxygen atoms in total. The number of ketones is 1. The van der Waals surface area contributed by atoms with Gasteiger partial charge in [-0.25, -0.2) is 0 Å². The van der Waals surface area contributed by atoms with Crippen molar-refractivity contribution in [2.24, 2.45) is 0 Å². The molecule has 1 saturated heterocycles. The monoisotopic (exact) mass is 414 g/mol. The molecule has 1 fully saturated rings. The molecule has 0 bridgehead atoms. The first-order valence-corrected chi connectivity index (χ1v) is 10.3. The molecule has 0 saturated carbocycles. The maximum Gasteiger partial charge on any atom is 0.295 e. The molecular weight excluding hydrogens is 388 g/mol. The second kappa shape index (κ2) is 8.80. The highest BCUT2D eigenvalue weighted by Crippen LogP contribution is 2.41. The summed E-state index contributed by atoms with van der Waals surface area (Å²) >= 11 is 1.47. The number of rotatable bonds is 7. The van der Waals surface area contributed by atoms with Gasteiger partial charge in [-0.15, -0.1) is 11.3 Å². The van der Waals surface area contributed by atoms with Crippen LogP contribution in [0.2, 0.25) is 0 Å². The number of ether oxygens (including phenoxy) is 1. The van der Waals surface area contributed by atoms with Gasteiger partial charge in [0, 0.05) is 17.0 Å². The van der Waals surface area contributed by atoms with Gasteiger partial charge in [-0.3, -0.25) is 9.59 Å². The first kappa shape index (κ1) is 21.1. The summed E-state index contributed by atoms with van der Waals surface area (Å²) < 4.78 is 5.27. The van der Waals surface area contributed by atoms with Gasteiger partial charge in [0.2, 0.25) is 0 Å². The van der Waals surface area contributed by atoms with Gasteiger partial charge >= 0.3 is 0 Å². The van der Waals surface area contributed by atoms with E-state index >= 15 is 0 Å². The number of hydrogen-bond acceptors (Lipinski definition) is 6. The topological polar surface area (TPSA) is 70.1 Å². The van der Waals surface area contributed by atoms with E-state index in [1.165, 1.54) is 11.3 Å². The van der Waals surface area contributed by atoms with E-state index in [9.17, 15) is 14.7 Å². The molecule has 1 aliphatic rings. The summed E-state index contributed by atoms with van der Waals surface area (Å²) in [6.07, 6.45) is 0.740. The Balaban J connectivity index is 2.05.